The quantitative estimate of drug-likeness (QED) is 0.388. The maximum Gasteiger partial charge on any atom is 0.355 e. The molecule has 15 heavy (non-hydrogen) atoms. The number of hydrogen-bond acceptors (Lipinski definition) is 5. The Morgan fingerprint density at radius 2 is 1.93 bits per heavy atom. The van der Waals surface area contributed by atoms with Crippen molar-refractivity contribution < 1.29 is 29.3 Å². The highest BCUT2D eigenvalue weighted by molar-refractivity contribution is 8.00. The predicted octanol–water partition coefficient (Wildman–Crippen LogP) is 0.334. The minimum Gasteiger partial charge on any atom is -0.478 e. The fourth-order valence-corrected chi connectivity index (χ4v) is 1.20. The van der Waals surface area contributed by atoms with Crippen LogP contribution in [0.5, 0.6) is 0 Å². The van der Waals surface area contributed by atoms with E-state index in [1.165, 1.54) is 0 Å². The summed E-state index contributed by atoms with van der Waals surface area (Å²) >= 11 is 0.923. The van der Waals surface area contributed by atoms with Crippen molar-refractivity contribution >= 4 is 29.7 Å². The molecule has 0 amide bonds. The second kappa shape index (κ2) is 6.88. The second-order valence-corrected chi connectivity index (χ2v) is 3.57. The van der Waals surface area contributed by atoms with Gasteiger partial charge in [-0.2, -0.15) is 0 Å². The highest BCUT2D eigenvalue weighted by atomic mass is 32.2. The molecule has 1 unspecified atom stereocenters. The van der Waals surface area contributed by atoms with Crippen LogP contribution < -0.4 is 0 Å². The lowest BCUT2D eigenvalue weighted by Gasteiger charge is -2.09. The molecule has 0 saturated heterocycles. The number of esters is 1. The molecule has 0 aromatic rings. The first-order valence-electron chi connectivity index (χ1n) is 3.93. The van der Waals surface area contributed by atoms with Gasteiger partial charge in [0.2, 0.25) is 5.44 Å². The van der Waals surface area contributed by atoms with Gasteiger partial charge >= 0.3 is 17.9 Å². The largest absolute Gasteiger partial charge is 0.478 e. The van der Waals surface area contributed by atoms with Gasteiger partial charge in [0.15, 0.2) is 0 Å². The molecule has 84 valence electrons. The van der Waals surface area contributed by atoms with E-state index in [0.717, 1.165) is 11.8 Å². The number of aliphatic carboxylic acids is 2. The third kappa shape index (κ3) is 6.55. The van der Waals surface area contributed by atoms with Crippen molar-refractivity contribution in [1.29, 1.82) is 0 Å². The van der Waals surface area contributed by atoms with Gasteiger partial charge in [0, 0.05) is 12.2 Å². The van der Waals surface area contributed by atoms with E-state index in [-0.39, 0.29) is 0 Å². The van der Waals surface area contributed by atoms with Crippen molar-refractivity contribution in [1.82, 2.24) is 0 Å². The second-order valence-electron chi connectivity index (χ2n) is 2.23. The first-order valence-corrected chi connectivity index (χ1v) is 4.98. The Bertz CT molecular complexity index is 285. The third-order valence-corrected chi connectivity index (χ3v) is 2.04. The first-order chi connectivity index (χ1) is 6.97. The van der Waals surface area contributed by atoms with Gasteiger partial charge in [0.25, 0.3) is 0 Å². The zero-order chi connectivity index (χ0) is 11.8. The van der Waals surface area contributed by atoms with Crippen LogP contribution in [0.15, 0.2) is 12.2 Å². The lowest BCUT2D eigenvalue weighted by molar-refractivity contribution is -0.154. The fourth-order valence-electron chi connectivity index (χ4n) is 0.591. The van der Waals surface area contributed by atoms with Crippen LogP contribution in [0.25, 0.3) is 0 Å². The topological polar surface area (TPSA) is 101 Å². The highest BCUT2D eigenvalue weighted by Gasteiger charge is 2.20. The molecule has 0 radical (unpaired) electrons. The van der Waals surface area contributed by atoms with Crippen molar-refractivity contribution in [2.45, 2.75) is 12.4 Å². The Labute approximate surface area is 89.9 Å². The van der Waals surface area contributed by atoms with Crippen LogP contribution in [0.3, 0.4) is 0 Å². The number of hydrogen-bond donors (Lipinski definition) is 2. The molecule has 0 aliphatic carbocycles. The number of carboxylic acids is 2. The average molecular weight is 234 g/mol. The summed E-state index contributed by atoms with van der Waals surface area (Å²) in [6.45, 7) is 1.71. The molecule has 1 atom stereocenters. The van der Waals surface area contributed by atoms with E-state index in [4.69, 9.17) is 10.2 Å². The molecular formula is C8H10O6S. The van der Waals surface area contributed by atoms with Gasteiger partial charge in [0.1, 0.15) is 0 Å². The molecule has 7 heteroatoms. The van der Waals surface area contributed by atoms with Gasteiger partial charge in [-0.3, -0.25) is 0 Å². The molecule has 0 fully saturated rings. The van der Waals surface area contributed by atoms with Crippen molar-refractivity contribution in [2.75, 3.05) is 5.75 Å². The number of carboxylic acid groups (broad SMARTS) is 2. The van der Waals surface area contributed by atoms with Gasteiger partial charge in [-0.1, -0.05) is 6.92 Å². The van der Waals surface area contributed by atoms with Gasteiger partial charge < -0.3 is 14.9 Å². The molecule has 0 aliphatic rings. The summed E-state index contributed by atoms with van der Waals surface area (Å²) in [5.41, 5.74) is -1.30. The Morgan fingerprint density at radius 1 is 1.33 bits per heavy atom. The lowest BCUT2D eigenvalue weighted by Crippen LogP contribution is -2.23. The Morgan fingerprint density at radius 3 is 2.33 bits per heavy atom. The minimum absolute atomic E-state index is 0.465. The van der Waals surface area contributed by atoms with Crippen LogP contribution in [0, 0.1) is 0 Å². The summed E-state index contributed by atoms with van der Waals surface area (Å²) in [6, 6.07) is 0. The molecule has 0 aromatic carbocycles. The van der Waals surface area contributed by atoms with Crippen LogP contribution in [-0.2, 0) is 19.1 Å². The van der Waals surface area contributed by atoms with Crippen molar-refractivity contribution in [3.05, 3.63) is 12.2 Å². The van der Waals surface area contributed by atoms with E-state index in [9.17, 15) is 14.4 Å². The zero-order valence-electron chi connectivity index (χ0n) is 7.87. The number of carbonyl (C=O) groups is 3. The van der Waals surface area contributed by atoms with E-state index in [1.54, 1.807) is 6.92 Å². The smallest absolute Gasteiger partial charge is 0.355 e. The summed E-state index contributed by atoms with van der Waals surface area (Å²) in [6.07, 6.45) is 1.24. The van der Waals surface area contributed by atoms with Crippen LogP contribution >= 0.6 is 11.8 Å². The number of ether oxygens (including phenoxy) is 1. The monoisotopic (exact) mass is 234 g/mol. The molecule has 0 spiro atoms. The molecule has 0 saturated carbocycles. The highest BCUT2D eigenvalue weighted by Crippen LogP contribution is 2.12. The Balaban J connectivity index is 4.23. The van der Waals surface area contributed by atoms with Gasteiger partial charge in [-0.15, -0.1) is 11.8 Å². The maximum atomic E-state index is 10.9. The van der Waals surface area contributed by atoms with E-state index >= 15 is 0 Å². The van der Waals surface area contributed by atoms with Crippen molar-refractivity contribution in [2.24, 2.45) is 0 Å². The van der Waals surface area contributed by atoms with E-state index in [1.807, 2.05) is 0 Å². The van der Waals surface area contributed by atoms with Gasteiger partial charge in [0.05, 0.1) is 0 Å². The van der Waals surface area contributed by atoms with Crippen LogP contribution in [0.4, 0.5) is 0 Å². The minimum atomic E-state index is -1.30. The molecule has 6 nitrogen and oxygen atoms in total. The number of thioether (sulfide) groups is 1. The van der Waals surface area contributed by atoms with Gasteiger partial charge in [-0.05, 0) is 5.75 Å². The van der Waals surface area contributed by atoms with Crippen LogP contribution in [-0.4, -0.2) is 39.3 Å². The molecule has 2 N–H and O–H groups in total. The van der Waals surface area contributed by atoms with Crippen LogP contribution in [0.1, 0.15) is 6.92 Å². The molecule has 0 rings (SSSR count). The molecule has 0 aromatic heterocycles. The van der Waals surface area contributed by atoms with Gasteiger partial charge in [-0.25, -0.2) is 14.4 Å². The van der Waals surface area contributed by atoms with Crippen molar-refractivity contribution in [3.63, 3.8) is 0 Å². The van der Waals surface area contributed by atoms with Crippen molar-refractivity contribution in [3.8, 4) is 0 Å². The number of rotatable bonds is 6. The normalized spacial score (nSPS) is 12.3. The standard InChI is InChI=1S/C8H10O6S/c1-2-15-8(7(12)13)14-6(11)4-3-5(9)10/h3-4,8H,2H2,1H3,(H,9,10)(H,12,13). The molecule has 0 bridgehead atoms. The van der Waals surface area contributed by atoms with E-state index < -0.39 is 23.3 Å². The molecular weight excluding hydrogens is 224 g/mol. The van der Waals surface area contributed by atoms with Crippen LogP contribution in [0.2, 0.25) is 0 Å². The summed E-state index contributed by atoms with van der Waals surface area (Å²) in [7, 11) is 0. The van der Waals surface area contributed by atoms with E-state index in [2.05, 4.69) is 4.74 Å². The summed E-state index contributed by atoms with van der Waals surface area (Å²) < 4.78 is 4.48. The predicted molar refractivity (Wildman–Crippen MR) is 52.4 cm³/mol. The van der Waals surface area contributed by atoms with E-state index in [0.29, 0.717) is 17.9 Å². The molecule has 0 aliphatic heterocycles. The third-order valence-electron chi connectivity index (χ3n) is 1.10. The Kier molecular flexibility index (Phi) is 6.19. The lowest BCUT2D eigenvalue weighted by atomic mass is 10.5. The summed E-state index contributed by atoms with van der Waals surface area (Å²) in [4.78, 5) is 31.4. The Hall–Kier alpha value is -1.50. The number of carbonyl (C=O) groups excluding carboxylic acids is 1. The summed E-state index contributed by atoms with van der Waals surface area (Å²) in [5.74, 6) is -3.11. The molecule has 0 heterocycles. The first kappa shape index (κ1) is 13.5. The summed E-state index contributed by atoms with van der Waals surface area (Å²) in [5, 5.41) is 16.8. The zero-order valence-corrected chi connectivity index (χ0v) is 8.69. The maximum absolute atomic E-state index is 10.9. The SMILES string of the molecule is CCSC(OC(=O)C=CC(=O)O)C(=O)O. The average Bonchev–Trinajstić information content (AvgIpc) is 2.14. The fraction of sp³-hybridized carbons (Fsp3) is 0.375.